The molecular weight excluding hydrogens is 627 g/mol. The van der Waals surface area contributed by atoms with Crippen molar-refractivity contribution in [3.8, 4) is 5.75 Å². The summed E-state index contributed by atoms with van der Waals surface area (Å²) in [7, 11) is 0. The molecule has 0 saturated heterocycles. The summed E-state index contributed by atoms with van der Waals surface area (Å²) in [6, 6.07) is 16.7. The van der Waals surface area contributed by atoms with Crippen LogP contribution in [0.15, 0.2) is 75.4 Å². The molecule has 0 aliphatic carbocycles. The largest absolute Gasteiger partial charge is 0.487 e. The average molecular weight is 641 g/mol. The third-order valence-electron chi connectivity index (χ3n) is 4.40. The number of fused-ring (bicyclic) bond motifs is 1. The number of H-pyrrole nitrogens is 1. The van der Waals surface area contributed by atoms with E-state index in [9.17, 15) is 14.0 Å². The van der Waals surface area contributed by atoms with Crippen molar-refractivity contribution in [2.75, 3.05) is 0 Å². The van der Waals surface area contributed by atoms with Gasteiger partial charge < -0.3 is 9.72 Å². The second-order valence-electron chi connectivity index (χ2n) is 6.57. The van der Waals surface area contributed by atoms with Gasteiger partial charge in [-0.3, -0.25) is 4.79 Å². The fourth-order valence-electron chi connectivity index (χ4n) is 2.96. The Bertz CT molecular complexity index is 1410. The van der Waals surface area contributed by atoms with Crippen LogP contribution < -0.4 is 16.0 Å². The Morgan fingerprint density at radius 2 is 1.77 bits per heavy atom. The number of ether oxygens (including phenoxy) is 1. The lowest BCUT2D eigenvalue weighted by molar-refractivity contribution is 0.301. The van der Waals surface area contributed by atoms with Crippen molar-refractivity contribution in [2.24, 2.45) is 5.10 Å². The highest BCUT2D eigenvalue weighted by molar-refractivity contribution is 14.1. The van der Waals surface area contributed by atoms with Gasteiger partial charge in [0.2, 0.25) is 0 Å². The lowest BCUT2D eigenvalue weighted by Crippen LogP contribution is -2.32. The monoisotopic (exact) mass is 641 g/mol. The predicted molar refractivity (Wildman–Crippen MR) is 134 cm³/mol. The summed E-state index contributed by atoms with van der Waals surface area (Å²) in [5.74, 6) is 0.360. The van der Waals surface area contributed by atoms with Crippen molar-refractivity contribution in [1.82, 2.24) is 9.66 Å². The molecule has 0 atom stereocenters. The summed E-state index contributed by atoms with van der Waals surface area (Å²) in [6.07, 6.45) is 1.45. The molecule has 3 aromatic carbocycles. The lowest BCUT2D eigenvalue weighted by Gasteiger charge is -2.11. The molecule has 0 aliphatic heterocycles. The molecule has 9 heteroatoms. The van der Waals surface area contributed by atoms with Crippen LogP contribution in [0.3, 0.4) is 0 Å². The minimum absolute atomic E-state index is 0.235. The molecule has 4 rings (SSSR count). The van der Waals surface area contributed by atoms with Gasteiger partial charge in [0.25, 0.3) is 5.56 Å². The number of hydrogen-bond acceptors (Lipinski definition) is 4. The molecule has 0 radical (unpaired) electrons. The van der Waals surface area contributed by atoms with E-state index in [1.54, 1.807) is 36.4 Å². The van der Waals surface area contributed by atoms with E-state index in [0.717, 1.165) is 17.4 Å². The van der Waals surface area contributed by atoms with Crippen molar-refractivity contribution in [2.45, 2.75) is 6.61 Å². The van der Waals surface area contributed by atoms with Gasteiger partial charge in [-0.15, -0.1) is 4.68 Å². The van der Waals surface area contributed by atoms with Crippen molar-refractivity contribution in [3.63, 3.8) is 0 Å². The Hall–Kier alpha value is -2.54. The van der Waals surface area contributed by atoms with Gasteiger partial charge in [-0.25, -0.2) is 9.18 Å². The number of para-hydroxylation sites is 1. The topological polar surface area (TPSA) is 76.5 Å². The van der Waals surface area contributed by atoms with Gasteiger partial charge in [0.05, 0.1) is 24.3 Å². The number of hydrogen-bond donors (Lipinski definition) is 1. The second-order valence-corrected chi connectivity index (χ2v) is 8.89. The van der Waals surface area contributed by atoms with Crippen LogP contribution in [0.5, 0.6) is 5.75 Å². The van der Waals surface area contributed by atoms with E-state index < -0.39 is 11.2 Å². The number of nitrogens with one attached hydrogen (secondary N) is 1. The zero-order chi connectivity index (χ0) is 22.0. The van der Waals surface area contributed by atoms with E-state index in [-0.39, 0.29) is 12.4 Å². The smallest absolute Gasteiger partial charge is 0.349 e. The molecule has 0 bridgehead atoms. The highest BCUT2D eigenvalue weighted by atomic mass is 127. The van der Waals surface area contributed by atoms with Crippen LogP contribution >= 0.6 is 45.2 Å². The Labute approximate surface area is 203 Å². The van der Waals surface area contributed by atoms with E-state index in [0.29, 0.717) is 22.2 Å². The first-order valence-corrected chi connectivity index (χ1v) is 11.2. The minimum Gasteiger partial charge on any atom is -0.487 e. The van der Waals surface area contributed by atoms with Crippen LogP contribution in [-0.2, 0) is 6.61 Å². The van der Waals surface area contributed by atoms with Gasteiger partial charge in [0.1, 0.15) is 18.2 Å². The number of halogens is 3. The molecule has 156 valence electrons. The lowest BCUT2D eigenvalue weighted by atomic mass is 10.2. The maximum Gasteiger partial charge on any atom is 0.349 e. The molecule has 1 aromatic heterocycles. The van der Waals surface area contributed by atoms with E-state index in [1.807, 2.05) is 12.1 Å². The molecular formula is C22H14FI2N3O3. The molecule has 0 spiro atoms. The van der Waals surface area contributed by atoms with Crippen molar-refractivity contribution in [3.05, 3.63) is 106 Å². The van der Waals surface area contributed by atoms with Gasteiger partial charge in [-0.2, -0.15) is 5.10 Å². The fourth-order valence-corrected chi connectivity index (χ4v) is 5.08. The Morgan fingerprint density at radius 3 is 2.52 bits per heavy atom. The molecule has 0 unspecified atom stereocenters. The summed E-state index contributed by atoms with van der Waals surface area (Å²) >= 11 is 4.28. The number of aromatic nitrogens is 2. The van der Waals surface area contributed by atoms with Crippen LogP contribution in [0.1, 0.15) is 11.1 Å². The molecule has 0 aliphatic rings. The average Bonchev–Trinajstić information content (AvgIpc) is 2.73. The zero-order valence-corrected chi connectivity index (χ0v) is 20.1. The highest BCUT2D eigenvalue weighted by Gasteiger charge is 2.10. The molecule has 0 amide bonds. The highest BCUT2D eigenvalue weighted by Crippen LogP contribution is 2.29. The molecule has 0 fully saturated rings. The van der Waals surface area contributed by atoms with Crippen LogP contribution in [0.25, 0.3) is 10.9 Å². The van der Waals surface area contributed by atoms with Crippen LogP contribution in [0.4, 0.5) is 4.39 Å². The zero-order valence-electron chi connectivity index (χ0n) is 15.8. The molecule has 31 heavy (non-hydrogen) atoms. The van der Waals surface area contributed by atoms with Crippen molar-refractivity contribution in [1.29, 1.82) is 0 Å². The first-order valence-electron chi connectivity index (χ1n) is 9.07. The van der Waals surface area contributed by atoms with Gasteiger partial charge in [0, 0.05) is 0 Å². The summed E-state index contributed by atoms with van der Waals surface area (Å²) in [6.45, 7) is 0.235. The minimum atomic E-state index is -0.612. The number of benzene rings is 3. The molecule has 4 aromatic rings. The number of aromatic amines is 1. The molecule has 1 N–H and O–H groups in total. The quantitative estimate of drug-likeness (QED) is 0.258. The number of nitrogens with zero attached hydrogens (tertiary/aromatic N) is 2. The first-order chi connectivity index (χ1) is 14.9. The van der Waals surface area contributed by atoms with Gasteiger partial charge in [-0.05, 0) is 92.7 Å². The Kier molecular flexibility index (Phi) is 6.51. The van der Waals surface area contributed by atoms with E-state index in [4.69, 9.17) is 4.74 Å². The van der Waals surface area contributed by atoms with Crippen molar-refractivity contribution >= 4 is 62.3 Å². The predicted octanol–water partition coefficient (Wildman–Crippen LogP) is 4.50. The van der Waals surface area contributed by atoms with Crippen LogP contribution in [-0.4, -0.2) is 15.9 Å². The van der Waals surface area contributed by atoms with E-state index in [2.05, 4.69) is 55.3 Å². The molecule has 6 nitrogen and oxygen atoms in total. The molecule has 1 heterocycles. The summed E-state index contributed by atoms with van der Waals surface area (Å²) < 4.78 is 21.7. The van der Waals surface area contributed by atoms with Gasteiger partial charge >= 0.3 is 5.69 Å². The Morgan fingerprint density at radius 1 is 1.03 bits per heavy atom. The van der Waals surface area contributed by atoms with Crippen LogP contribution in [0, 0.1) is 13.0 Å². The second kappa shape index (κ2) is 9.30. The third kappa shape index (κ3) is 4.87. The summed E-state index contributed by atoms with van der Waals surface area (Å²) in [4.78, 5) is 27.5. The summed E-state index contributed by atoms with van der Waals surface area (Å²) in [5.41, 5.74) is 0.792. The number of rotatable bonds is 5. The fraction of sp³-hybridized carbons (Fsp3) is 0.0455. The van der Waals surface area contributed by atoms with E-state index >= 15 is 0 Å². The Balaban J connectivity index is 1.60. The standard InChI is InChI=1S/C22H14FI2N3O3/c23-15-5-3-4-13(8-15)12-31-20-17(24)9-14(10-18(20)25)11-26-28-21(29)16-6-1-2-7-19(16)27-22(28)30/h1-11H,12H2,(H,27,30). The third-order valence-corrected chi connectivity index (χ3v) is 6.00. The normalized spacial score (nSPS) is 11.3. The maximum absolute atomic E-state index is 13.4. The van der Waals surface area contributed by atoms with Crippen LogP contribution in [0.2, 0.25) is 0 Å². The maximum atomic E-state index is 13.4. The summed E-state index contributed by atoms with van der Waals surface area (Å²) in [5, 5.41) is 4.47. The van der Waals surface area contributed by atoms with E-state index in [1.165, 1.54) is 18.3 Å². The SMILES string of the molecule is O=c1[nH]c2ccccc2c(=O)n1N=Cc1cc(I)c(OCc2cccc(F)c2)c(I)c1. The first kappa shape index (κ1) is 21.7. The van der Waals surface area contributed by atoms with Gasteiger partial charge in [0.15, 0.2) is 0 Å². The van der Waals surface area contributed by atoms with Crippen molar-refractivity contribution < 1.29 is 9.13 Å². The van der Waals surface area contributed by atoms with Gasteiger partial charge in [-0.1, -0.05) is 24.3 Å². The molecule has 0 saturated carbocycles.